The molecule has 1 aliphatic heterocycles. The molecule has 0 aromatic heterocycles. The number of morpholine rings is 1. The molecule has 3 atom stereocenters. The lowest BCUT2D eigenvalue weighted by Gasteiger charge is -2.34. The third kappa shape index (κ3) is 5.77. The molecule has 8 nitrogen and oxygen atoms in total. The van der Waals surface area contributed by atoms with Gasteiger partial charge in [0, 0.05) is 19.1 Å². The van der Waals surface area contributed by atoms with Crippen molar-refractivity contribution >= 4 is 33.5 Å². The van der Waals surface area contributed by atoms with Gasteiger partial charge in [-0.1, -0.05) is 38.3 Å². The second-order valence-electron chi connectivity index (χ2n) is 8.18. The zero-order valence-electron chi connectivity index (χ0n) is 17.8. The van der Waals surface area contributed by atoms with Crippen molar-refractivity contribution in [1.29, 1.82) is 0 Å². The number of nitrogens with one attached hydrogen (secondary N) is 1. The Morgan fingerprint density at radius 1 is 1.23 bits per heavy atom. The van der Waals surface area contributed by atoms with Crippen LogP contribution in [0, 0.1) is 11.8 Å². The fourth-order valence-corrected chi connectivity index (χ4v) is 5.63. The summed E-state index contributed by atoms with van der Waals surface area (Å²) in [6, 6.07) is 3.94. The number of amides is 1. The van der Waals surface area contributed by atoms with E-state index in [1.807, 2.05) is 0 Å². The van der Waals surface area contributed by atoms with Crippen LogP contribution in [-0.2, 0) is 24.3 Å². The summed E-state index contributed by atoms with van der Waals surface area (Å²) in [6.45, 7) is 4.94. The van der Waals surface area contributed by atoms with Gasteiger partial charge in [0.05, 0.1) is 28.7 Å². The minimum absolute atomic E-state index is 0.0554. The van der Waals surface area contributed by atoms with Crippen molar-refractivity contribution in [3.8, 4) is 0 Å². The van der Waals surface area contributed by atoms with Crippen molar-refractivity contribution in [2.45, 2.75) is 44.0 Å². The molecule has 0 spiro atoms. The van der Waals surface area contributed by atoms with Crippen molar-refractivity contribution < 1.29 is 27.5 Å². The molecule has 1 amide bonds. The number of ether oxygens (including phenoxy) is 2. The fraction of sp³-hybridized carbons (Fsp3) is 0.619. The van der Waals surface area contributed by atoms with Crippen LogP contribution in [0.5, 0.6) is 0 Å². The molecular weight excluding hydrogens is 444 g/mol. The van der Waals surface area contributed by atoms with Crippen LogP contribution in [0.15, 0.2) is 23.1 Å². The van der Waals surface area contributed by atoms with Gasteiger partial charge in [0.1, 0.15) is 0 Å². The molecule has 1 saturated heterocycles. The molecule has 1 aliphatic carbocycles. The van der Waals surface area contributed by atoms with E-state index in [1.54, 1.807) is 0 Å². The third-order valence-electron chi connectivity index (χ3n) is 6.15. The highest BCUT2D eigenvalue weighted by Gasteiger charge is 2.29. The van der Waals surface area contributed by atoms with E-state index >= 15 is 0 Å². The average Bonchev–Trinajstić information content (AvgIpc) is 2.76. The summed E-state index contributed by atoms with van der Waals surface area (Å²) in [7, 11) is -3.79. The van der Waals surface area contributed by atoms with Gasteiger partial charge in [-0.2, -0.15) is 4.31 Å². The molecule has 0 radical (unpaired) electrons. The number of halogens is 1. The topological polar surface area (TPSA) is 102 Å². The largest absolute Gasteiger partial charge is 0.452 e. The normalized spacial score (nSPS) is 25.1. The van der Waals surface area contributed by atoms with E-state index in [4.69, 9.17) is 21.1 Å². The first kappa shape index (κ1) is 24.0. The smallest absolute Gasteiger partial charge is 0.340 e. The molecular formula is C21H29ClN2O6S. The van der Waals surface area contributed by atoms with Crippen molar-refractivity contribution in [3.63, 3.8) is 0 Å². The van der Waals surface area contributed by atoms with Gasteiger partial charge in [-0.05, 0) is 36.5 Å². The highest BCUT2D eigenvalue weighted by atomic mass is 35.5. The number of hydrogen-bond donors (Lipinski definition) is 1. The summed E-state index contributed by atoms with van der Waals surface area (Å²) in [5.74, 6) is -0.349. The summed E-state index contributed by atoms with van der Waals surface area (Å²) >= 11 is 6.10. The summed E-state index contributed by atoms with van der Waals surface area (Å²) < 4.78 is 37.3. The van der Waals surface area contributed by atoms with Crippen molar-refractivity contribution in [2.24, 2.45) is 11.8 Å². The number of carbonyl (C=O) groups excluding carboxylic acids is 2. The van der Waals surface area contributed by atoms with Crippen LogP contribution in [0.3, 0.4) is 0 Å². The maximum atomic E-state index is 12.8. The van der Waals surface area contributed by atoms with Gasteiger partial charge >= 0.3 is 5.97 Å². The summed E-state index contributed by atoms with van der Waals surface area (Å²) in [4.78, 5) is 24.7. The monoisotopic (exact) mass is 472 g/mol. The van der Waals surface area contributed by atoms with Gasteiger partial charge in [-0.15, -0.1) is 0 Å². The maximum absolute atomic E-state index is 12.8. The molecule has 0 bridgehead atoms. The Kier molecular flexibility index (Phi) is 7.96. The predicted molar refractivity (Wildman–Crippen MR) is 115 cm³/mol. The van der Waals surface area contributed by atoms with Gasteiger partial charge in [0.15, 0.2) is 6.61 Å². The molecule has 1 aromatic rings. The van der Waals surface area contributed by atoms with Crippen molar-refractivity contribution in [3.05, 3.63) is 28.8 Å². The van der Waals surface area contributed by atoms with Gasteiger partial charge < -0.3 is 14.8 Å². The molecule has 1 heterocycles. The van der Waals surface area contributed by atoms with E-state index in [2.05, 4.69) is 19.2 Å². The van der Waals surface area contributed by atoms with Gasteiger partial charge in [-0.25, -0.2) is 13.2 Å². The molecule has 2 fully saturated rings. The number of nitrogens with zero attached hydrogens (tertiary/aromatic N) is 1. The molecule has 31 heavy (non-hydrogen) atoms. The van der Waals surface area contributed by atoms with Gasteiger partial charge in [0.2, 0.25) is 10.0 Å². The molecule has 2 aliphatic rings. The number of benzene rings is 1. The zero-order valence-corrected chi connectivity index (χ0v) is 19.4. The SMILES string of the molecule is C[C@@H]1[C@H](C)CCC[C@@H]1NC(=O)COC(=O)c1cc(S(=O)(=O)N2CCOCC2)ccc1Cl. The zero-order chi connectivity index (χ0) is 22.6. The minimum Gasteiger partial charge on any atom is -0.452 e. The number of sulfonamides is 1. The quantitative estimate of drug-likeness (QED) is 0.638. The Morgan fingerprint density at radius 2 is 1.94 bits per heavy atom. The van der Waals surface area contributed by atoms with E-state index in [1.165, 1.54) is 22.5 Å². The highest BCUT2D eigenvalue weighted by molar-refractivity contribution is 7.89. The Hall–Kier alpha value is -1.68. The second-order valence-corrected chi connectivity index (χ2v) is 10.5. The molecule has 1 saturated carbocycles. The lowest BCUT2D eigenvalue weighted by Crippen LogP contribution is -2.45. The van der Waals surface area contributed by atoms with Gasteiger partial charge in [-0.3, -0.25) is 4.79 Å². The first-order chi connectivity index (χ1) is 14.7. The summed E-state index contributed by atoms with van der Waals surface area (Å²) in [6.07, 6.45) is 3.10. The number of esters is 1. The standard InChI is InChI=1S/C21H29ClN2O6S/c1-14-4-3-5-19(15(14)2)23-20(25)13-30-21(26)17-12-16(6-7-18(17)22)31(27,28)24-8-10-29-11-9-24/h6-7,12,14-15,19H,3-5,8-11,13H2,1-2H3,(H,23,25)/t14-,15-,19+/m1/s1. The number of hydrogen-bond acceptors (Lipinski definition) is 6. The summed E-state index contributed by atoms with van der Waals surface area (Å²) in [5, 5.41) is 2.99. The van der Waals surface area contributed by atoms with Crippen LogP contribution < -0.4 is 5.32 Å². The molecule has 1 aromatic carbocycles. The van der Waals surface area contributed by atoms with E-state index < -0.39 is 22.6 Å². The van der Waals surface area contributed by atoms with Crippen LogP contribution in [-0.4, -0.2) is 63.6 Å². The molecule has 0 unspecified atom stereocenters. The van der Waals surface area contributed by atoms with Crippen LogP contribution in [0.1, 0.15) is 43.5 Å². The average molecular weight is 473 g/mol. The van der Waals surface area contributed by atoms with Crippen molar-refractivity contribution in [1.82, 2.24) is 9.62 Å². The van der Waals surface area contributed by atoms with Gasteiger partial charge in [0.25, 0.3) is 5.91 Å². The predicted octanol–water partition coefficient (Wildman–Crippen LogP) is 2.46. The summed E-state index contributed by atoms with van der Waals surface area (Å²) in [5.41, 5.74) is -0.0940. The Balaban J connectivity index is 1.63. The van der Waals surface area contributed by atoms with Crippen LogP contribution in [0.2, 0.25) is 5.02 Å². The highest BCUT2D eigenvalue weighted by Crippen LogP contribution is 2.29. The minimum atomic E-state index is -3.79. The van der Waals surface area contributed by atoms with Crippen LogP contribution in [0.4, 0.5) is 0 Å². The van der Waals surface area contributed by atoms with Crippen molar-refractivity contribution in [2.75, 3.05) is 32.9 Å². The molecule has 3 rings (SSSR count). The second kappa shape index (κ2) is 10.3. The molecule has 10 heteroatoms. The Bertz CT molecular complexity index is 916. The van der Waals surface area contributed by atoms with E-state index in [9.17, 15) is 18.0 Å². The number of carbonyl (C=O) groups is 2. The third-order valence-corrected chi connectivity index (χ3v) is 8.38. The van der Waals surface area contributed by atoms with E-state index in [0.29, 0.717) is 25.0 Å². The molecule has 1 N–H and O–H groups in total. The molecule has 172 valence electrons. The lowest BCUT2D eigenvalue weighted by molar-refractivity contribution is -0.125. The van der Waals surface area contributed by atoms with E-state index in [-0.39, 0.29) is 40.5 Å². The fourth-order valence-electron chi connectivity index (χ4n) is 4.00. The Morgan fingerprint density at radius 3 is 2.65 bits per heavy atom. The lowest BCUT2D eigenvalue weighted by atomic mass is 9.78. The van der Waals surface area contributed by atoms with Crippen LogP contribution >= 0.6 is 11.6 Å². The maximum Gasteiger partial charge on any atom is 0.340 e. The first-order valence-corrected chi connectivity index (χ1v) is 12.4. The van der Waals surface area contributed by atoms with E-state index in [0.717, 1.165) is 19.3 Å². The Labute approximate surface area is 188 Å². The first-order valence-electron chi connectivity index (χ1n) is 10.5. The number of rotatable bonds is 6. The van der Waals surface area contributed by atoms with Crippen LogP contribution in [0.25, 0.3) is 0 Å².